The van der Waals surface area contributed by atoms with E-state index in [1.54, 1.807) is 0 Å². The molecule has 0 radical (unpaired) electrons. The van der Waals surface area contributed by atoms with Crippen molar-refractivity contribution in [2.75, 3.05) is 19.8 Å². The fourth-order valence-corrected chi connectivity index (χ4v) is 5.42. The van der Waals surface area contributed by atoms with Gasteiger partial charge in [-0.05, 0) is 39.5 Å². The van der Waals surface area contributed by atoms with Crippen molar-refractivity contribution in [2.24, 2.45) is 5.92 Å². The third-order valence-corrected chi connectivity index (χ3v) is 6.89. The molecule has 112 valence electrons. The molecule has 2 rings (SSSR count). The molecule has 2 fully saturated rings. The van der Waals surface area contributed by atoms with Gasteiger partial charge in [0.05, 0.1) is 13.2 Å². The summed E-state index contributed by atoms with van der Waals surface area (Å²) in [7, 11) is -2.92. The Balaban J connectivity index is 1.92. The first-order chi connectivity index (χ1) is 9.12. The summed E-state index contributed by atoms with van der Waals surface area (Å²) in [5.41, 5.74) is 0. The van der Waals surface area contributed by atoms with Crippen molar-refractivity contribution in [3.8, 4) is 0 Å². The molecule has 1 saturated carbocycles. The zero-order valence-electron chi connectivity index (χ0n) is 12.5. The topological polar surface area (TPSA) is 38.5 Å². The minimum atomic E-state index is -2.92. The molecule has 0 spiro atoms. The van der Waals surface area contributed by atoms with Gasteiger partial charge < -0.3 is 9.05 Å². The Morgan fingerprint density at radius 2 is 1.74 bits per heavy atom. The number of hydrogen-bond acceptors (Lipinski definition) is 4. The Hall–Kier alpha value is 0.110. The third kappa shape index (κ3) is 3.60. The van der Waals surface area contributed by atoms with Crippen LogP contribution in [0, 0.1) is 5.92 Å². The van der Waals surface area contributed by atoms with Crippen LogP contribution in [-0.2, 0) is 13.6 Å². The van der Waals surface area contributed by atoms with Crippen LogP contribution in [0.15, 0.2) is 0 Å². The summed E-state index contributed by atoms with van der Waals surface area (Å²) >= 11 is 0. The Morgan fingerprint density at radius 3 is 2.26 bits per heavy atom. The van der Waals surface area contributed by atoms with Gasteiger partial charge in [0, 0.05) is 12.6 Å². The van der Waals surface area contributed by atoms with Crippen molar-refractivity contribution in [3.05, 3.63) is 0 Å². The smallest absolute Gasteiger partial charge is 0.308 e. The zero-order valence-corrected chi connectivity index (χ0v) is 13.4. The van der Waals surface area contributed by atoms with E-state index in [-0.39, 0.29) is 5.78 Å². The molecule has 0 aromatic heterocycles. The maximum atomic E-state index is 12.7. The Bertz CT molecular complexity index is 321. The van der Waals surface area contributed by atoms with Crippen LogP contribution >= 0.6 is 7.60 Å². The number of nitrogens with zero attached hydrogens (tertiary/aromatic N) is 1. The van der Waals surface area contributed by atoms with Gasteiger partial charge in [0.1, 0.15) is 5.78 Å². The van der Waals surface area contributed by atoms with Crippen molar-refractivity contribution in [1.29, 1.82) is 0 Å². The highest BCUT2D eigenvalue weighted by atomic mass is 31.2. The lowest BCUT2D eigenvalue weighted by Crippen LogP contribution is -2.28. The van der Waals surface area contributed by atoms with E-state index in [0.29, 0.717) is 19.3 Å². The number of rotatable bonds is 7. The van der Waals surface area contributed by atoms with Gasteiger partial charge >= 0.3 is 7.60 Å². The van der Waals surface area contributed by atoms with Crippen molar-refractivity contribution < 1.29 is 13.6 Å². The molecule has 3 atom stereocenters. The molecule has 1 saturated heterocycles. The van der Waals surface area contributed by atoms with Gasteiger partial charge in [0.15, 0.2) is 0 Å². The molecule has 1 aliphatic carbocycles. The first-order valence-electron chi connectivity index (χ1n) is 7.77. The van der Waals surface area contributed by atoms with Gasteiger partial charge in [0.2, 0.25) is 0 Å². The van der Waals surface area contributed by atoms with Crippen LogP contribution < -0.4 is 0 Å². The second-order valence-corrected chi connectivity index (χ2v) is 7.88. The minimum absolute atomic E-state index is 0.00401. The van der Waals surface area contributed by atoms with Gasteiger partial charge in [0.25, 0.3) is 0 Å². The molecule has 1 heterocycles. The molecule has 0 aromatic carbocycles. The molecule has 19 heavy (non-hydrogen) atoms. The van der Waals surface area contributed by atoms with Crippen LogP contribution in [0.3, 0.4) is 0 Å². The average Bonchev–Trinajstić information content (AvgIpc) is 3.20. The molecule has 1 unspecified atom stereocenters. The quantitative estimate of drug-likeness (QED) is 0.527. The highest BCUT2D eigenvalue weighted by Crippen LogP contribution is 2.60. The van der Waals surface area contributed by atoms with E-state index in [2.05, 4.69) is 11.8 Å². The van der Waals surface area contributed by atoms with Crippen LogP contribution in [-0.4, -0.2) is 36.5 Å². The second-order valence-electron chi connectivity index (χ2n) is 5.69. The standard InChI is InChI=1S/C14H28NO3P/c1-4-17-19(16,18-5-2)14-11-15(14)12(3)13-9-7-6-8-10-13/h12-14H,4-11H2,1-3H3/t12-,14-,15?/m1/s1. The van der Waals surface area contributed by atoms with Crippen molar-refractivity contribution in [3.63, 3.8) is 0 Å². The van der Waals surface area contributed by atoms with Crippen LogP contribution in [0.25, 0.3) is 0 Å². The van der Waals surface area contributed by atoms with Gasteiger partial charge in [-0.2, -0.15) is 0 Å². The Kier molecular flexibility index (Phi) is 5.47. The monoisotopic (exact) mass is 289 g/mol. The lowest BCUT2D eigenvalue weighted by molar-refractivity contribution is 0.196. The molecule has 0 aromatic rings. The van der Waals surface area contributed by atoms with Crippen molar-refractivity contribution in [1.82, 2.24) is 4.90 Å². The first-order valence-corrected chi connectivity index (χ1v) is 9.38. The highest BCUT2D eigenvalue weighted by molar-refractivity contribution is 7.55. The summed E-state index contributed by atoms with van der Waals surface area (Å²) in [6.45, 7) is 7.82. The van der Waals surface area contributed by atoms with Gasteiger partial charge in [-0.15, -0.1) is 0 Å². The fourth-order valence-electron chi connectivity index (χ4n) is 3.32. The molecular weight excluding hydrogens is 261 g/mol. The average molecular weight is 289 g/mol. The second kappa shape index (κ2) is 6.71. The van der Waals surface area contributed by atoms with E-state index in [4.69, 9.17) is 9.05 Å². The highest BCUT2D eigenvalue weighted by Gasteiger charge is 2.53. The third-order valence-electron chi connectivity index (χ3n) is 4.46. The lowest BCUT2D eigenvalue weighted by Gasteiger charge is -2.29. The molecular formula is C14H28NO3P. The van der Waals surface area contributed by atoms with E-state index >= 15 is 0 Å². The van der Waals surface area contributed by atoms with E-state index in [9.17, 15) is 4.57 Å². The van der Waals surface area contributed by atoms with Crippen molar-refractivity contribution in [2.45, 2.75) is 64.7 Å². The minimum Gasteiger partial charge on any atom is -0.308 e. The molecule has 0 bridgehead atoms. The molecule has 2 aliphatic rings. The molecule has 1 aliphatic heterocycles. The fraction of sp³-hybridized carbons (Fsp3) is 1.00. The molecule has 5 heteroatoms. The van der Waals surface area contributed by atoms with E-state index in [0.717, 1.165) is 12.5 Å². The summed E-state index contributed by atoms with van der Waals surface area (Å²) in [6.07, 6.45) is 6.71. The van der Waals surface area contributed by atoms with Crippen LogP contribution in [0.1, 0.15) is 52.9 Å². The predicted molar refractivity (Wildman–Crippen MR) is 77.4 cm³/mol. The largest absolute Gasteiger partial charge is 0.348 e. The van der Waals surface area contributed by atoms with Crippen LogP contribution in [0.2, 0.25) is 0 Å². The van der Waals surface area contributed by atoms with E-state index in [1.807, 2.05) is 13.8 Å². The molecule has 4 nitrogen and oxygen atoms in total. The summed E-state index contributed by atoms with van der Waals surface area (Å²) in [6, 6.07) is 0.513. The SMILES string of the molecule is CCOP(=O)(OCC)[C@@H]1CN1[C@H](C)C1CCCCC1. The number of hydrogen-bond donors (Lipinski definition) is 0. The van der Waals surface area contributed by atoms with Crippen LogP contribution in [0.4, 0.5) is 0 Å². The summed E-state index contributed by atoms with van der Waals surface area (Å²) in [5, 5.41) is 0. The normalized spacial score (nSPS) is 30.3. The maximum absolute atomic E-state index is 12.7. The Labute approximate surface area is 117 Å². The first kappa shape index (κ1) is 15.5. The zero-order chi connectivity index (χ0) is 13.9. The van der Waals surface area contributed by atoms with Crippen LogP contribution in [0.5, 0.6) is 0 Å². The summed E-state index contributed by atoms with van der Waals surface area (Å²) in [4.78, 5) is 2.32. The summed E-state index contributed by atoms with van der Waals surface area (Å²) in [5.74, 6) is 0.764. The van der Waals surface area contributed by atoms with E-state index in [1.165, 1.54) is 32.1 Å². The molecule has 0 amide bonds. The van der Waals surface area contributed by atoms with Crippen molar-refractivity contribution >= 4 is 7.60 Å². The van der Waals surface area contributed by atoms with Gasteiger partial charge in [-0.25, -0.2) is 0 Å². The Morgan fingerprint density at radius 1 is 1.16 bits per heavy atom. The maximum Gasteiger partial charge on any atom is 0.348 e. The summed E-state index contributed by atoms with van der Waals surface area (Å²) < 4.78 is 23.6. The predicted octanol–water partition coefficient (Wildman–Crippen LogP) is 3.86. The molecule has 0 N–H and O–H groups in total. The van der Waals surface area contributed by atoms with E-state index < -0.39 is 7.60 Å². The van der Waals surface area contributed by atoms with Gasteiger partial charge in [-0.1, -0.05) is 19.3 Å². The lowest BCUT2D eigenvalue weighted by atomic mass is 9.84. The van der Waals surface area contributed by atoms with Gasteiger partial charge in [-0.3, -0.25) is 9.46 Å².